The number of likely N-dealkylation sites (tertiary alicyclic amines) is 1. The molecule has 0 aromatic heterocycles. The maximum atomic E-state index is 4.83. The molecule has 0 radical (unpaired) electrons. The molecule has 1 unspecified atom stereocenters. The van der Waals surface area contributed by atoms with E-state index >= 15 is 0 Å². The summed E-state index contributed by atoms with van der Waals surface area (Å²) < 4.78 is 0. The molecule has 138 valence electrons. The van der Waals surface area contributed by atoms with E-state index in [1.165, 1.54) is 43.7 Å². The molecule has 1 aromatic rings. The van der Waals surface area contributed by atoms with E-state index in [9.17, 15) is 0 Å². The van der Waals surface area contributed by atoms with Gasteiger partial charge in [0.2, 0.25) is 0 Å². The number of nitrogens with zero attached hydrogens (tertiary/aromatic N) is 2. The highest BCUT2D eigenvalue weighted by Crippen LogP contribution is 2.29. The van der Waals surface area contributed by atoms with Gasteiger partial charge in [0.25, 0.3) is 0 Å². The Morgan fingerprint density at radius 3 is 2.56 bits per heavy atom. The van der Waals surface area contributed by atoms with Gasteiger partial charge in [-0.1, -0.05) is 25.1 Å². The molecule has 25 heavy (non-hydrogen) atoms. The van der Waals surface area contributed by atoms with Gasteiger partial charge in [0.1, 0.15) is 0 Å². The monoisotopic (exact) mass is 360 g/mol. The number of nitrogens with one attached hydrogen (secondary N) is 2. The molecule has 1 saturated carbocycles. The molecule has 1 aliphatic carbocycles. The number of hydrogen-bond acceptors (Lipinski definition) is 3. The van der Waals surface area contributed by atoms with Crippen LogP contribution in [0.2, 0.25) is 0 Å². The highest BCUT2D eigenvalue weighted by Gasteiger charge is 2.31. The molecule has 3 rings (SSSR count). The average molecular weight is 361 g/mol. The second kappa shape index (κ2) is 9.48. The van der Waals surface area contributed by atoms with Crippen LogP contribution in [0.3, 0.4) is 0 Å². The van der Waals surface area contributed by atoms with Crippen LogP contribution < -0.4 is 10.6 Å². The van der Waals surface area contributed by atoms with Crippen molar-refractivity contribution < 1.29 is 0 Å². The summed E-state index contributed by atoms with van der Waals surface area (Å²) in [5.74, 6) is 0.980. The van der Waals surface area contributed by atoms with Crippen LogP contribution in [0.1, 0.15) is 39.5 Å². The standard InChI is InChI=1S/C20H32N4S/c1-3-21-20(22-15-16(2)25-19-7-5-4-6-8-19)23-17-11-13-24(14-12-17)18-9-10-18/h4-8,16-18H,3,9-15H2,1-2H3,(H2,21,22,23). The van der Waals surface area contributed by atoms with Gasteiger partial charge >= 0.3 is 0 Å². The minimum absolute atomic E-state index is 0.467. The van der Waals surface area contributed by atoms with Crippen molar-refractivity contribution in [3.63, 3.8) is 0 Å². The lowest BCUT2D eigenvalue weighted by atomic mass is 10.1. The predicted octanol–water partition coefficient (Wildman–Crippen LogP) is 3.35. The van der Waals surface area contributed by atoms with E-state index in [4.69, 9.17) is 4.99 Å². The summed E-state index contributed by atoms with van der Waals surface area (Å²) >= 11 is 1.89. The fourth-order valence-corrected chi connectivity index (χ4v) is 4.28. The first-order valence-electron chi connectivity index (χ1n) is 9.75. The van der Waals surface area contributed by atoms with E-state index < -0.39 is 0 Å². The fourth-order valence-electron chi connectivity index (χ4n) is 3.35. The number of benzene rings is 1. The van der Waals surface area contributed by atoms with E-state index in [2.05, 4.69) is 59.7 Å². The summed E-state index contributed by atoms with van der Waals surface area (Å²) in [6.45, 7) is 8.60. The highest BCUT2D eigenvalue weighted by atomic mass is 32.2. The number of piperidine rings is 1. The molecule has 0 spiro atoms. The van der Waals surface area contributed by atoms with Gasteiger partial charge in [0, 0.05) is 41.9 Å². The van der Waals surface area contributed by atoms with Crippen LogP contribution in [-0.4, -0.2) is 54.4 Å². The predicted molar refractivity (Wildman–Crippen MR) is 108 cm³/mol. The molecule has 2 fully saturated rings. The Morgan fingerprint density at radius 2 is 1.92 bits per heavy atom. The zero-order valence-corrected chi connectivity index (χ0v) is 16.4. The maximum Gasteiger partial charge on any atom is 0.191 e. The van der Waals surface area contributed by atoms with Crippen LogP contribution in [0.25, 0.3) is 0 Å². The van der Waals surface area contributed by atoms with E-state index in [0.29, 0.717) is 11.3 Å². The topological polar surface area (TPSA) is 39.7 Å². The lowest BCUT2D eigenvalue weighted by molar-refractivity contribution is 0.197. The molecule has 4 nitrogen and oxygen atoms in total. The van der Waals surface area contributed by atoms with Gasteiger partial charge in [0.05, 0.1) is 6.54 Å². The number of hydrogen-bond donors (Lipinski definition) is 2. The molecule has 0 amide bonds. The molecule has 1 aromatic carbocycles. The van der Waals surface area contributed by atoms with Crippen molar-refractivity contribution >= 4 is 17.7 Å². The van der Waals surface area contributed by atoms with Gasteiger partial charge in [-0.15, -0.1) is 11.8 Å². The van der Waals surface area contributed by atoms with Crippen molar-refractivity contribution in [2.24, 2.45) is 4.99 Å². The largest absolute Gasteiger partial charge is 0.357 e. The molecule has 2 aliphatic rings. The number of aliphatic imine (C=N–C) groups is 1. The minimum atomic E-state index is 0.467. The normalized spacial score (nSPS) is 21.1. The zero-order valence-electron chi connectivity index (χ0n) is 15.6. The van der Waals surface area contributed by atoms with E-state index in [1.54, 1.807) is 0 Å². The molecule has 5 heteroatoms. The van der Waals surface area contributed by atoms with Gasteiger partial charge in [-0.05, 0) is 44.7 Å². The molecule has 1 saturated heterocycles. The number of guanidine groups is 1. The van der Waals surface area contributed by atoms with Gasteiger partial charge in [0.15, 0.2) is 5.96 Å². The Bertz CT molecular complexity index is 536. The van der Waals surface area contributed by atoms with Crippen LogP contribution in [0.5, 0.6) is 0 Å². The maximum absolute atomic E-state index is 4.83. The lowest BCUT2D eigenvalue weighted by Gasteiger charge is -2.33. The molecular weight excluding hydrogens is 328 g/mol. The van der Waals surface area contributed by atoms with Crippen molar-refractivity contribution in [2.45, 2.75) is 61.8 Å². The van der Waals surface area contributed by atoms with Gasteiger partial charge in [-0.3, -0.25) is 4.99 Å². The number of thioether (sulfide) groups is 1. The Balaban J connectivity index is 1.45. The molecule has 1 atom stereocenters. The third-order valence-electron chi connectivity index (χ3n) is 4.86. The second-order valence-corrected chi connectivity index (χ2v) is 8.66. The van der Waals surface area contributed by atoms with Crippen molar-refractivity contribution in [3.8, 4) is 0 Å². The highest BCUT2D eigenvalue weighted by molar-refractivity contribution is 8.00. The van der Waals surface area contributed by atoms with Crippen molar-refractivity contribution in [1.82, 2.24) is 15.5 Å². The Labute approximate surface area is 156 Å². The van der Waals surface area contributed by atoms with Gasteiger partial charge in [-0.25, -0.2) is 0 Å². The first-order chi connectivity index (χ1) is 12.2. The zero-order chi connectivity index (χ0) is 17.5. The molecular formula is C20H32N4S. The second-order valence-electron chi connectivity index (χ2n) is 7.15. The average Bonchev–Trinajstić information content (AvgIpc) is 3.47. The Morgan fingerprint density at radius 1 is 1.20 bits per heavy atom. The minimum Gasteiger partial charge on any atom is -0.357 e. The quantitative estimate of drug-likeness (QED) is 0.444. The van der Waals surface area contributed by atoms with Crippen LogP contribution in [-0.2, 0) is 0 Å². The summed E-state index contributed by atoms with van der Waals surface area (Å²) in [5, 5.41) is 7.54. The van der Waals surface area contributed by atoms with Crippen molar-refractivity contribution in [1.29, 1.82) is 0 Å². The fraction of sp³-hybridized carbons (Fsp3) is 0.650. The molecule has 0 bridgehead atoms. The van der Waals surface area contributed by atoms with Crippen LogP contribution >= 0.6 is 11.8 Å². The molecule has 1 heterocycles. The number of rotatable bonds is 7. The SMILES string of the molecule is CCNC(=NCC(C)Sc1ccccc1)NC1CCN(C2CC2)CC1. The van der Waals surface area contributed by atoms with Crippen LogP contribution in [0.4, 0.5) is 0 Å². The third kappa shape index (κ3) is 6.23. The van der Waals surface area contributed by atoms with Crippen molar-refractivity contribution in [2.75, 3.05) is 26.2 Å². The first-order valence-corrected chi connectivity index (χ1v) is 10.6. The Kier molecular flexibility index (Phi) is 7.05. The van der Waals surface area contributed by atoms with E-state index in [-0.39, 0.29) is 0 Å². The van der Waals surface area contributed by atoms with E-state index in [1.807, 2.05) is 11.8 Å². The Hall–Kier alpha value is -1.20. The smallest absolute Gasteiger partial charge is 0.191 e. The molecule has 2 N–H and O–H groups in total. The van der Waals surface area contributed by atoms with Crippen LogP contribution in [0, 0.1) is 0 Å². The summed E-state index contributed by atoms with van der Waals surface area (Å²) in [5.41, 5.74) is 0. The lowest BCUT2D eigenvalue weighted by Crippen LogP contribution is -2.49. The van der Waals surface area contributed by atoms with Gasteiger partial charge < -0.3 is 15.5 Å². The third-order valence-corrected chi connectivity index (χ3v) is 5.96. The first kappa shape index (κ1) is 18.6. The van der Waals surface area contributed by atoms with Crippen molar-refractivity contribution in [3.05, 3.63) is 30.3 Å². The summed E-state index contributed by atoms with van der Waals surface area (Å²) in [6, 6.07) is 12.1. The summed E-state index contributed by atoms with van der Waals surface area (Å²) in [4.78, 5) is 8.81. The van der Waals surface area contributed by atoms with E-state index in [0.717, 1.165) is 25.1 Å². The molecule has 1 aliphatic heterocycles. The summed E-state index contributed by atoms with van der Waals surface area (Å²) in [6.07, 6.45) is 5.29. The van der Waals surface area contributed by atoms with Crippen LogP contribution in [0.15, 0.2) is 40.2 Å². The summed E-state index contributed by atoms with van der Waals surface area (Å²) in [7, 11) is 0. The van der Waals surface area contributed by atoms with Gasteiger partial charge in [-0.2, -0.15) is 0 Å².